The number of amides is 1. The van der Waals surface area contributed by atoms with E-state index in [2.05, 4.69) is 10.0 Å². The molecule has 0 aromatic heterocycles. The summed E-state index contributed by atoms with van der Waals surface area (Å²) in [6.45, 7) is 5.04. The number of carbonyl (C=O) groups is 1. The summed E-state index contributed by atoms with van der Waals surface area (Å²) in [6, 6.07) is 10.9. The van der Waals surface area contributed by atoms with Crippen molar-refractivity contribution in [3.63, 3.8) is 0 Å². The maximum Gasteiger partial charge on any atom is 0.262 e. The Labute approximate surface area is 171 Å². The van der Waals surface area contributed by atoms with E-state index in [-0.39, 0.29) is 17.4 Å². The summed E-state index contributed by atoms with van der Waals surface area (Å²) >= 11 is 0. The molecule has 0 aliphatic carbocycles. The van der Waals surface area contributed by atoms with Crippen molar-refractivity contribution >= 4 is 21.6 Å². The van der Waals surface area contributed by atoms with Crippen LogP contribution in [0.4, 0.5) is 5.69 Å². The van der Waals surface area contributed by atoms with Crippen LogP contribution in [-0.2, 0) is 14.8 Å². The Morgan fingerprint density at radius 3 is 2.14 bits per heavy atom. The zero-order valence-corrected chi connectivity index (χ0v) is 17.9. The molecule has 0 radical (unpaired) electrons. The van der Waals surface area contributed by atoms with Gasteiger partial charge in [-0.1, -0.05) is 0 Å². The number of ether oxygens (including phenoxy) is 3. The van der Waals surface area contributed by atoms with E-state index < -0.39 is 15.6 Å². The second kappa shape index (κ2) is 9.15. The first kappa shape index (κ1) is 22.5. The molecule has 0 aliphatic rings. The first-order chi connectivity index (χ1) is 13.5. The third-order valence-electron chi connectivity index (χ3n) is 3.63. The van der Waals surface area contributed by atoms with Crippen molar-refractivity contribution < 1.29 is 27.4 Å². The number of sulfonamides is 1. The molecule has 0 saturated heterocycles. The molecule has 1 amide bonds. The number of benzene rings is 2. The Balaban J connectivity index is 1.97. The Kier molecular flexibility index (Phi) is 7.10. The van der Waals surface area contributed by atoms with Gasteiger partial charge in [0.15, 0.2) is 6.61 Å². The largest absolute Gasteiger partial charge is 0.497 e. The summed E-state index contributed by atoms with van der Waals surface area (Å²) in [4.78, 5) is 12.3. The monoisotopic (exact) mass is 422 g/mol. The zero-order chi connectivity index (χ0) is 21.7. The van der Waals surface area contributed by atoms with Gasteiger partial charge in [0.2, 0.25) is 10.0 Å². The van der Waals surface area contributed by atoms with Crippen molar-refractivity contribution in [2.75, 3.05) is 26.1 Å². The highest BCUT2D eigenvalue weighted by molar-refractivity contribution is 7.89. The van der Waals surface area contributed by atoms with Gasteiger partial charge in [0.25, 0.3) is 5.91 Å². The van der Waals surface area contributed by atoms with Gasteiger partial charge in [0.1, 0.15) is 17.2 Å². The Morgan fingerprint density at radius 2 is 1.59 bits per heavy atom. The lowest BCUT2D eigenvalue weighted by Crippen LogP contribution is -2.40. The van der Waals surface area contributed by atoms with Gasteiger partial charge in [0.05, 0.1) is 24.8 Å². The van der Waals surface area contributed by atoms with Crippen LogP contribution in [0.5, 0.6) is 17.2 Å². The minimum Gasteiger partial charge on any atom is -0.497 e. The number of anilines is 1. The van der Waals surface area contributed by atoms with Crippen LogP contribution in [0, 0.1) is 0 Å². The Bertz CT molecular complexity index is 950. The van der Waals surface area contributed by atoms with Crippen LogP contribution in [0.2, 0.25) is 0 Å². The molecule has 0 heterocycles. The average Bonchev–Trinajstić information content (AvgIpc) is 2.65. The van der Waals surface area contributed by atoms with E-state index in [0.717, 1.165) is 0 Å². The number of rotatable bonds is 8. The van der Waals surface area contributed by atoms with E-state index >= 15 is 0 Å². The smallest absolute Gasteiger partial charge is 0.262 e. The molecule has 0 fully saturated rings. The van der Waals surface area contributed by atoms with Crippen LogP contribution in [0.3, 0.4) is 0 Å². The highest BCUT2D eigenvalue weighted by Gasteiger charge is 2.21. The number of nitrogens with one attached hydrogen (secondary N) is 2. The van der Waals surface area contributed by atoms with E-state index in [1.54, 1.807) is 39.0 Å². The third-order valence-corrected chi connectivity index (χ3v) is 5.40. The van der Waals surface area contributed by atoms with Crippen LogP contribution in [0.25, 0.3) is 0 Å². The van der Waals surface area contributed by atoms with Gasteiger partial charge in [-0.3, -0.25) is 4.79 Å². The molecule has 0 bridgehead atoms. The molecule has 2 N–H and O–H groups in total. The summed E-state index contributed by atoms with van der Waals surface area (Å²) in [5.74, 6) is 1.04. The fourth-order valence-corrected chi connectivity index (χ4v) is 3.83. The van der Waals surface area contributed by atoms with Gasteiger partial charge in [-0.2, -0.15) is 0 Å². The van der Waals surface area contributed by atoms with Crippen LogP contribution >= 0.6 is 0 Å². The molecule has 2 aromatic carbocycles. The number of hydrogen-bond acceptors (Lipinski definition) is 6. The first-order valence-corrected chi connectivity index (χ1v) is 10.3. The molecule has 0 unspecified atom stereocenters. The van der Waals surface area contributed by atoms with E-state index in [9.17, 15) is 13.2 Å². The summed E-state index contributed by atoms with van der Waals surface area (Å²) < 4.78 is 43.0. The number of methoxy groups -OCH3 is 2. The standard InChI is InChI=1S/C20H26N2O6S/c1-20(2,3)22-29(24,25)16-9-6-14(7-10-16)28-13-19(23)21-17-11-8-15(26-4)12-18(17)27-5/h6-12,22H,13H2,1-5H3,(H,21,23). The van der Waals surface area contributed by atoms with E-state index in [1.807, 2.05) is 0 Å². The second-order valence-electron chi connectivity index (χ2n) is 7.23. The van der Waals surface area contributed by atoms with Crippen molar-refractivity contribution in [2.24, 2.45) is 0 Å². The molecule has 0 aliphatic heterocycles. The van der Waals surface area contributed by atoms with Gasteiger partial charge in [-0.15, -0.1) is 0 Å². The van der Waals surface area contributed by atoms with Crippen molar-refractivity contribution in [1.82, 2.24) is 4.72 Å². The normalized spacial score (nSPS) is 11.6. The first-order valence-electron chi connectivity index (χ1n) is 8.83. The maximum atomic E-state index is 12.3. The SMILES string of the molecule is COc1ccc(NC(=O)COc2ccc(S(=O)(=O)NC(C)(C)C)cc2)c(OC)c1. The van der Waals surface area contributed by atoms with Crippen LogP contribution in [-0.4, -0.2) is 40.7 Å². The second-order valence-corrected chi connectivity index (χ2v) is 8.91. The lowest BCUT2D eigenvalue weighted by atomic mass is 10.1. The summed E-state index contributed by atoms with van der Waals surface area (Å²) in [6.07, 6.45) is 0. The van der Waals surface area contributed by atoms with Crippen LogP contribution < -0.4 is 24.2 Å². The minimum absolute atomic E-state index is 0.118. The molecule has 2 aromatic rings. The molecular weight excluding hydrogens is 396 g/mol. The van der Waals surface area contributed by atoms with Crippen molar-refractivity contribution in [1.29, 1.82) is 0 Å². The van der Waals surface area contributed by atoms with Crippen LogP contribution in [0.1, 0.15) is 20.8 Å². The average molecular weight is 423 g/mol. The number of carbonyl (C=O) groups excluding carboxylic acids is 1. The summed E-state index contributed by atoms with van der Waals surface area (Å²) in [7, 11) is -0.600. The van der Waals surface area contributed by atoms with Gasteiger partial charge in [-0.25, -0.2) is 13.1 Å². The quantitative estimate of drug-likeness (QED) is 0.678. The molecule has 9 heteroatoms. The lowest BCUT2D eigenvalue weighted by molar-refractivity contribution is -0.118. The highest BCUT2D eigenvalue weighted by atomic mass is 32.2. The molecule has 0 spiro atoms. The molecule has 29 heavy (non-hydrogen) atoms. The Hall–Kier alpha value is -2.78. The third kappa shape index (κ3) is 6.65. The van der Waals surface area contributed by atoms with Gasteiger partial charge >= 0.3 is 0 Å². The van der Waals surface area contributed by atoms with E-state index in [4.69, 9.17) is 14.2 Å². The van der Waals surface area contributed by atoms with Crippen molar-refractivity contribution in [2.45, 2.75) is 31.2 Å². The number of hydrogen-bond donors (Lipinski definition) is 2. The molecule has 8 nitrogen and oxygen atoms in total. The van der Waals surface area contributed by atoms with Crippen LogP contribution in [0.15, 0.2) is 47.4 Å². The van der Waals surface area contributed by atoms with Gasteiger partial charge in [0, 0.05) is 11.6 Å². The lowest BCUT2D eigenvalue weighted by Gasteiger charge is -2.20. The minimum atomic E-state index is -3.63. The molecule has 2 rings (SSSR count). The predicted octanol–water partition coefficient (Wildman–Crippen LogP) is 2.80. The highest BCUT2D eigenvalue weighted by Crippen LogP contribution is 2.29. The zero-order valence-electron chi connectivity index (χ0n) is 17.1. The van der Waals surface area contributed by atoms with E-state index in [0.29, 0.717) is 22.9 Å². The summed E-state index contributed by atoms with van der Waals surface area (Å²) in [5, 5.41) is 2.69. The van der Waals surface area contributed by atoms with E-state index in [1.165, 1.54) is 38.5 Å². The maximum absolute atomic E-state index is 12.3. The van der Waals surface area contributed by atoms with Crippen molar-refractivity contribution in [3.05, 3.63) is 42.5 Å². The molecule has 0 saturated carbocycles. The van der Waals surface area contributed by atoms with Gasteiger partial charge < -0.3 is 19.5 Å². The summed E-state index contributed by atoms with van der Waals surface area (Å²) in [5.41, 5.74) is -0.106. The molecule has 0 atom stereocenters. The predicted molar refractivity (Wildman–Crippen MR) is 110 cm³/mol. The van der Waals surface area contributed by atoms with Gasteiger partial charge in [-0.05, 0) is 57.2 Å². The molecular formula is C20H26N2O6S. The topological polar surface area (TPSA) is 103 Å². The fourth-order valence-electron chi connectivity index (χ4n) is 2.41. The fraction of sp³-hybridized carbons (Fsp3) is 0.350. The molecule has 158 valence electrons. The van der Waals surface area contributed by atoms with Crippen molar-refractivity contribution in [3.8, 4) is 17.2 Å². The Morgan fingerprint density at radius 1 is 0.966 bits per heavy atom.